The van der Waals surface area contributed by atoms with Gasteiger partial charge in [-0.3, -0.25) is 15.0 Å². The van der Waals surface area contributed by atoms with Crippen LogP contribution in [0.1, 0.15) is 35.9 Å². The zero-order valence-corrected chi connectivity index (χ0v) is 16.4. The van der Waals surface area contributed by atoms with Crippen molar-refractivity contribution < 1.29 is 13.2 Å². The van der Waals surface area contributed by atoms with Gasteiger partial charge in [0.25, 0.3) is 21.5 Å². The molecule has 0 unspecified atom stereocenters. The number of rotatable bonds is 5. The van der Waals surface area contributed by atoms with Crippen molar-refractivity contribution in [3.8, 4) is 6.07 Å². The fourth-order valence-electron chi connectivity index (χ4n) is 2.66. The molecule has 0 spiro atoms. The summed E-state index contributed by atoms with van der Waals surface area (Å²) in [5.41, 5.74) is 2.00. The lowest BCUT2D eigenvalue weighted by molar-refractivity contribution is 0.0939. The summed E-state index contributed by atoms with van der Waals surface area (Å²) in [6.45, 7) is 3.50. The summed E-state index contributed by atoms with van der Waals surface area (Å²) < 4.78 is 25.9. The van der Waals surface area contributed by atoms with Gasteiger partial charge in [0.2, 0.25) is 0 Å². The predicted molar refractivity (Wildman–Crippen MR) is 105 cm³/mol. The molecule has 0 aliphatic carbocycles. The Hall–Kier alpha value is -3.55. The Morgan fingerprint density at radius 2 is 1.72 bits per heavy atom. The molecule has 1 heterocycles. The SMILES string of the molecule is CC(C)n1nc(C(=O)NNS(=O)(=O)c2ccc(C#N)cc2)c2ccccc2c1=O. The smallest absolute Gasteiger partial charge is 0.272 e. The van der Waals surface area contributed by atoms with Crippen molar-refractivity contribution in [1.29, 1.82) is 5.26 Å². The van der Waals surface area contributed by atoms with Crippen LogP contribution in [-0.2, 0) is 10.0 Å². The molecule has 0 bridgehead atoms. The van der Waals surface area contributed by atoms with Gasteiger partial charge in [-0.05, 0) is 44.2 Å². The van der Waals surface area contributed by atoms with E-state index in [0.717, 1.165) is 0 Å². The van der Waals surface area contributed by atoms with E-state index >= 15 is 0 Å². The first-order valence-corrected chi connectivity index (χ1v) is 10.1. The fourth-order valence-corrected chi connectivity index (χ4v) is 3.50. The van der Waals surface area contributed by atoms with Crippen LogP contribution in [0.15, 0.2) is 58.2 Å². The van der Waals surface area contributed by atoms with Gasteiger partial charge in [-0.1, -0.05) is 18.2 Å². The molecule has 0 atom stereocenters. The Balaban J connectivity index is 1.93. The molecular weight excluding hydrogens is 394 g/mol. The average Bonchev–Trinajstić information content (AvgIpc) is 2.72. The second kappa shape index (κ2) is 7.83. The van der Waals surface area contributed by atoms with Gasteiger partial charge in [-0.2, -0.15) is 10.4 Å². The molecule has 0 aliphatic rings. The number of nitriles is 1. The lowest BCUT2D eigenvalue weighted by atomic mass is 10.1. The monoisotopic (exact) mass is 411 g/mol. The third-order valence-corrected chi connectivity index (χ3v) is 5.39. The highest BCUT2D eigenvalue weighted by molar-refractivity contribution is 7.89. The van der Waals surface area contributed by atoms with E-state index in [1.54, 1.807) is 38.1 Å². The number of sulfonamides is 1. The molecule has 1 amide bonds. The topological polar surface area (TPSA) is 134 Å². The van der Waals surface area contributed by atoms with Crippen LogP contribution < -0.4 is 15.8 Å². The van der Waals surface area contributed by atoms with E-state index in [2.05, 4.69) is 10.5 Å². The van der Waals surface area contributed by atoms with Crippen LogP contribution in [0.4, 0.5) is 0 Å². The van der Waals surface area contributed by atoms with Crippen molar-refractivity contribution in [2.75, 3.05) is 0 Å². The second-order valence-corrected chi connectivity index (χ2v) is 8.12. The summed E-state index contributed by atoms with van der Waals surface area (Å²) in [5, 5.41) is 13.5. The number of benzene rings is 2. The Bertz CT molecular complexity index is 1290. The molecule has 3 aromatic rings. The molecule has 9 nitrogen and oxygen atoms in total. The van der Waals surface area contributed by atoms with Crippen molar-refractivity contribution in [2.45, 2.75) is 24.8 Å². The number of carbonyl (C=O) groups excluding carboxylic acids is 1. The van der Waals surface area contributed by atoms with E-state index in [0.29, 0.717) is 16.3 Å². The first-order valence-electron chi connectivity index (χ1n) is 8.58. The van der Waals surface area contributed by atoms with Gasteiger partial charge in [0, 0.05) is 5.39 Å². The van der Waals surface area contributed by atoms with Gasteiger partial charge in [0.15, 0.2) is 5.69 Å². The molecule has 0 radical (unpaired) electrons. The fraction of sp³-hybridized carbons (Fsp3) is 0.158. The third-order valence-electron chi connectivity index (χ3n) is 4.13. The predicted octanol–water partition coefficient (Wildman–Crippen LogP) is 1.47. The van der Waals surface area contributed by atoms with E-state index in [4.69, 9.17) is 5.26 Å². The molecule has 1 aromatic heterocycles. The lowest BCUT2D eigenvalue weighted by Gasteiger charge is -2.14. The third kappa shape index (κ3) is 4.01. The first kappa shape index (κ1) is 20.2. The highest BCUT2D eigenvalue weighted by Gasteiger charge is 2.20. The molecule has 29 heavy (non-hydrogen) atoms. The summed E-state index contributed by atoms with van der Waals surface area (Å²) in [6, 6.07) is 13.3. The summed E-state index contributed by atoms with van der Waals surface area (Å²) in [4.78, 5) is 27.1. The summed E-state index contributed by atoms with van der Waals surface area (Å²) in [7, 11) is -4.06. The molecule has 2 N–H and O–H groups in total. The van der Waals surface area contributed by atoms with Crippen molar-refractivity contribution in [1.82, 2.24) is 20.0 Å². The molecular formula is C19H17N5O4S. The van der Waals surface area contributed by atoms with E-state index in [1.165, 1.54) is 28.9 Å². The van der Waals surface area contributed by atoms with Crippen molar-refractivity contribution in [3.63, 3.8) is 0 Å². The molecule has 0 aliphatic heterocycles. The van der Waals surface area contributed by atoms with Crippen molar-refractivity contribution >= 4 is 26.7 Å². The van der Waals surface area contributed by atoms with Crippen LogP contribution in [0.5, 0.6) is 0 Å². The number of nitrogens with zero attached hydrogens (tertiary/aromatic N) is 3. The number of fused-ring (bicyclic) bond motifs is 1. The van der Waals surface area contributed by atoms with Crippen LogP contribution in [0.3, 0.4) is 0 Å². The number of aromatic nitrogens is 2. The van der Waals surface area contributed by atoms with E-state index in [9.17, 15) is 18.0 Å². The summed E-state index contributed by atoms with van der Waals surface area (Å²) in [5.74, 6) is -0.812. The maximum Gasteiger partial charge on any atom is 0.287 e. The quantitative estimate of drug-likeness (QED) is 0.611. The van der Waals surface area contributed by atoms with Crippen LogP contribution >= 0.6 is 0 Å². The number of amides is 1. The van der Waals surface area contributed by atoms with Crippen LogP contribution in [-0.4, -0.2) is 24.1 Å². The Labute approximate surface area is 166 Å². The van der Waals surface area contributed by atoms with Crippen LogP contribution in [0, 0.1) is 11.3 Å². The molecule has 148 valence electrons. The zero-order chi connectivity index (χ0) is 21.2. The second-order valence-electron chi connectivity index (χ2n) is 6.43. The van der Waals surface area contributed by atoms with E-state index in [1.807, 2.05) is 10.9 Å². The minimum absolute atomic E-state index is 0.0866. The molecule has 10 heteroatoms. The number of hydrazine groups is 1. The minimum Gasteiger partial charge on any atom is -0.272 e. The van der Waals surface area contributed by atoms with Gasteiger partial charge in [0.1, 0.15) is 0 Å². The average molecular weight is 411 g/mol. The van der Waals surface area contributed by atoms with E-state index < -0.39 is 15.9 Å². The molecule has 0 saturated heterocycles. The first-order chi connectivity index (χ1) is 13.7. The zero-order valence-electron chi connectivity index (χ0n) is 15.6. The Kier molecular flexibility index (Phi) is 5.45. The van der Waals surface area contributed by atoms with Crippen molar-refractivity contribution in [2.24, 2.45) is 0 Å². The molecule has 0 saturated carbocycles. The maximum atomic E-state index is 12.7. The number of hydrogen-bond acceptors (Lipinski definition) is 6. The van der Waals surface area contributed by atoms with Gasteiger partial charge in [-0.25, -0.2) is 13.1 Å². The molecule has 2 aromatic carbocycles. The Morgan fingerprint density at radius 1 is 1.10 bits per heavy atom. The van der Waals surface area contributed by atoms with Gasteiger partial charge in [-0.15, -0.1) is 4.83 Å². The van der Waals surface area contributed by atoms with Gasteiger partial charge < -0.3 is 0 Å². The highest BCUT2D eigenvalue weighted by Crippen LogP contribution is 2.15. The summed E-state index contributed by atoms with van der Waals surface area (Å²) >= 11 is 0. The molecule has 0 fully saturated rings. The normalized spacial score (nSPS) is 11.4. The van der Waals surface area contributed by atoms with Crippen LogP contribution in [0.2, 0.25) is 0 Å². The standard InChI is InChI=1S/C19H17N5O4S/c1-12(2)24-19(26)16-6-4-3-5-15(16)17(22-24)18(25)21-23-29(27,28)14-9-7-13(11-20)8-10-14/h3-10,12,23H,1-2H3,(H,21,25). The van der Waals surface area contributed by atoms with Gasteiger partial charge >= 0.3 is 0 Å². The van der Waals surface area contributed by atoms with E-state index in [-0.39, 0.29) is 22.2 Å². The van der Waals surface area contributed by atoms with Crippen LogP contribution in [0.25, 0.3) is 10.8 Å². The van der Waals surface area contributed by atoms with Crippen molar-refractivity contribution in [3.05, 3.63) is 70.1 Å². The minimum atomic E-state index is -4.06. The summed E-state index contributed by atoms with van der Waals surface area (Å²) in [6.07, 6.45) is 0. The maximum absolute atomic E-state index is 12.7. The number of carbonyl (C=O) groups is 1. The Morgan fingerprint density at radius 3 is 2.31 bits per heavy atom. The lowest BCUT2D eigenvalue weighted by Crippen LogP contribution is -2.42. The number of nitrogens with one attached hydrogen (secondary N) is 2. The largest absolute Gasteiger partial charge is 0.287 e. The molecule has 3 rings (SSSR count). The number of hydrogen-bond donors (Lipinski definition) is 2. The highest BCUT2D eigenvalue weighted by atomic mass is 32.2. The van der Waals surface area contributed by atoms with Gasteiger partial charge in [0.05, 0.1) is 28.0 Å².